The molecule has 5 fully saturated rings. The van der Waals surface area contributed by atoms with E-state index in [0.717, 1.165) is 83.5 Å². The van der Waals surface area contributed by atoms with Gasteiger partial charge in [0.1, 0.15) is 65.3 Å². The molecule has 89 heavy (non-hydrogen) atoms. The summed E-state index contributed by atoms with van der Waals surface area (Å²) >= 11 is 13.6. The minimum atomic E-state index is -0.949. The first-order chi connectivity index (χ1) is 42.5. The number of amides is 1. The van der Waals surface area contributed by atoms with Crippen molar-refractivity contribution < 1.29 is 43.4 Å². The third-order valence-corrected chi connectivity index (χ3v) is 19.8. The van der Waals surface area contributed by atoms with Gasteiger partial charge in [0, 0.05) is 34.0 Å². The molecule has 4 aromatic carbocycles. The molecular weight excluding hydrogens is 1290 g/mol. The van der Waals surface area contributed by atoms with Gasteiger partial charge in [-0.05, 0) is 142 Å². The standard InChI is InChI=1S/C42H39BrClN5O6.C23H23BrN6O3.CH4/c1-41(2)54-35-33(48-16-15-30-37(44)45-24-46-38(30)48)19-42(36(35)55-41)20-34(53-23-42)28-12-11-27-17-31(43)39(47-32(27)18-28)49(21-25-9-13-29(51-3)14-10-25)40(50)52-22-26-7-5-4-6-8-26;24-14-5-11-1-2-12(6-15(11)29-21(14)26)17-8-23(9-33-17)7-16(18(31)19(23)32)30-4-3-13-20(25)27-10-28-22(13)30;/h4-18,24,33-36H,19-23H2,1-3H3;1-6,10,16-19,31-32H,7-9H2,(H2,26,29)(H2,25,27,28);1H4/t33-,34?,35+,36+,42-;16-,17?,18+,19+,23-;/m11./s1. The van der Waals surface area contributed by atoms with Gasteiger partial charge in [-0.1, -0.05) is 85.8 Å². The molecule has 6 aromatic heterocycles. The molecule has 0 radical (unpaired) electrons. The second kappa shape index (κ2) is 23.8. The average molecular weight is 1350 g/mol. The number of hydrogen-bond donors (Lipinski definition) is 4. The Morgan fingerprint density at radius 3 is 2.03 bits per heavy atom. The zero-order chi connectivity index (χ0) is 60.8. The fourth-order valence-electron chi connectivity index (χ4n) is 13.9. The maximum Gasteiger partial charge on any atom is 0.416 e. The fraction of sp³-hybridized carbons (Fsp3) is 0.348. The van der Waals surface area contributed by atoms with Crippen molar-refractivity contribution in [1.82, 2.24) is 39.0 Å². The monoisotopic (exact) mass is 1350 g/mol. The molecule has 5 aliphatic rings. The van der Waals surface area contributed by atoms with Gasteiger partial charge in [0.25, 0.3) is 0 Å². The van der Waals surface area contributed by atoms with Gasteiger partial charge < -0.3 is 59.2 Å². The molecule has 6 N–H and O–H groups in total. The van der Waals surface area contributed by atoms with Gasteiger partial charge in [-0.15, -0.1) is 0 Å². The van der Waals surface area contributed by atoms with Crippen molar-refractivity contribution in [3.8, 4) is 5.75 Å². The van der Waals surface area contributed by atoms with Gasteiger partial charge >= 0.3 is 6.09 Å². The molecule has 460 valence electrons. The number of benzene rings is 4. The highest BCUT2D eigenvalue weighted by Gasteiger charge is 2.64. The number of aromatic nitrogens is 8. The molecule has 3 aliphatic heterocycles. The number of halogens is 3. The number of rotatable bonds is 10. The normalized spacial score (nSPS) is 25.8. The van der Waals surface area contributed by atoms with Crippen LogP contribution in [0.5, 0.6) is 5.75 Å². The second-order valence-electron chi connectivity index (χ2n) is 24.1. The van der Waals surface area contributed by atoms with Crippen LogP contribution in [0.15, 0.2) is 149 Å². The Labute approximate surface area is 534 Å². The van der Waals surface area contributed by atoms with Crippen molar-refractivity contribution in [3.63, 3.8) is 0 Å². The fourth-order valence-corrected chi connectivity index (χ4v) is 15.0. The number of aliphatic hydroxyl groups is 2. The van der Waals surface area contributed by atoms with Crippen LogP contribution in [0, 0.1) is 10.8 Å². The van der Waals surface area contributed by atoms with Crippen LogP contribution in [0.25, 0.3) is 43.9 Å². The van der Waals surface area contributed by atoms with Gasteiger partial charge in [-0.2, -0.15) is 0 Å². The third kappa shape index (κ3) is 11.1. The van der Waals surface area contributed by atoms with Crippen LogP contribution in [-0.2, 0) is 36.8 Å². The molecule has 2 unspecified atom stereocenters. The van der Waals surface area contributed by atoms with E-state index in [2.05, 4.69) is 79.5 Å². The molecule has 3 saturated heterocycles. The molecule has 23 heteroatoms. The van der Waals surface area contributed by atoms with Gasteiger partial charge in [0.15, 0.2) is 11.6 Å². The predicted molar refractivity (Wildman–Crippen MR) is 345 cm³/mol. The molecule has 15 rings (SSSR count). The van der Waals surface area contributed by atoms with E-state index >= 15 is 0 Å². The van der Waals surface area contributed by atoms with Gasteiger partial charge in [-0.25, -0.2) is 34.7 Å². The molecule has 2 saturated carbocycles. The van der Waals surface area contributed by atoms with Gasteiger partial charge in [0.2, 0.25) is 0 Å². The topological polar surface area (TPSA) is 255 Å². The first kappa shape index (κ1) is 60.5. The molecule has 0 bridgehead atoms. The molecule has 2 aliphatic carbocycles. The van der Waals surface area contributed by atoms with Crippen LogP contribution < -0.4 is 21.1 Å². The van der Waals surface area contributed by atoms with E-state index in [4.69, 9.17) is 56.5 Å². The summed E-state index contributed by atoms with van der Waals surface area (Å²) in [5.41, 5.74) is 17.8. The summed E-state index contributed by atoms with van der Waals surface area (Å²) < 4.78 is 42.8. The minimum absolute atomic E-state index is 0. The van der Waals surface area contributed by atoms with Crippen LogP contribution in [0.3, 0.4) is 0 Å². The van der Waals surface area contributed by atoms with E-state index in [-0.39, 0.29) is 62.5 Å². The zero-order valence-electron chi connectivity index (χ0n) is 48.1. The Balaban J connectivity index is 0.000000183. The van der Waals surface area contributed by atoms with Gasteiger partial charge in [-0.3, -0.25) is 4.90 Å². The Hall–Kier alpha value is -7.38. The number of methoxy groups -OCH3 is 1. The SMILES string of the molecule is C.COc1ccc(CN(C(=O)OCc2ccccc2)c2nc3cc(C4C[C@@]5(CO4)C[C@@H](n4ccc6c(Cl)ncnc64)[C@@H]4OC(C)(C)O[C@@H]45)ccc3cc2Br)cc1.Nc1nc2cc(C3C[C@@]4(CO3)C[C@@H](n3ccc5c(N)ncnc53)[C@H](O)[C@@H]4O)ccc2cc1Br. The number of carbonyl (C=O) groups is 1. The van der Waals surface area contributed by atoms with Crippen LogP contribution in [0.2, 0.25) is 5.15 Å². The Morgan fingerprint density at radius 2 is 1.33 bits per heavy atom. The van der Waals surface area contributed by atoms with E-state index in [1.54, 1.807) is 12.0 Å². The number of pyridine rings is 2. The molecular formula is C66H66Br2ClN11O9. The quantitative estimate of drug-likeness (QED) is 0.0928. The lowest BCUT2D eigenvalue weighted by Crippen LogP contribution is -2.37. The Kier molecular flexibility index (Phi) is 16.2. The van der Waals surface area contributed by atoms with Crippen LogP contribution in [0.1, 0.15) is 93.5 Å². The van der Waals surface area contributed by atoms with Gasteiger partial charge in [0.05, 0.1) is 94.1 Å². The number of carbonyl (C=O) groups excluding carboxylic acids is 1. The molecule has 9 heterocycles. The van der Waals surface area contributed by atoms with Crippen molar-refractivity contribution >= 4 is 111 Å². The summed E-state index contributed by atoms with van der Waals surface area (Å²) in [7, 11) is 1.62. The van der Waals surface area contributed by atoms with Crippen LogP contribution in [-0.4, -0.2) is 106 Å². The maximum absolute atomic E-state index is 13.9. The van der Waals surface area contributed by atoms with E-state index < -0.39 is 29.5 Å². The van der Waals surface area contributed by atoms with Crippen LogP contribution in [0.4, 0.5) is 22.2 Å². The lowest BCUT2D eigenvalue weighted by atomic mass is 9.80. The summed E-state index contributed by atoms with van der Waals surface area (Å²) in [6.07, 6.45) is 6.29. The minimum Gasteiger partial charge on any atom is -0.497 e. The summed E-state index contributed by atoms with van der Waals surface area (Å²) in [6.45, 7) is 5.18. The number of hydrogen-bond acceptors (Lipinski definition) is 17. The predicted octanol–water partition coefficient (Wildman–Crippen LogP) is 12.7. The summed E-state index contributed by atoms with van der Waals surface area (Å²) in [6, 6.07) is 36.8. The number of nitrogen functional groups attached to an aromatic ring is 2. The molecule has 2 spiro atoms. The lowest BCUT2D eigenvalue weighted by Gasteiger charge is -2.30. The highest BCUT2D eigenvalue weighted by atomic mass is 79.9. The average Bonchev–Trinajstić information content (AvgIpc) is 1.57. The molecule has 10 aromatic rings. The van der Waals surface area contributed by atoms with E-state index in [9.17, 15) is 15.0 Å². The molecule has 10 atom stereocenters. The van der Waals surface area contributed by atoms with Crippen molar-refractivity contribution in [2.75, 3.05) is 36.7 Å². The number of anilines is 3. The highest BCUT2D eigenvalue weighted by molar-refractivity contribution is 9.11. The maximum atomic E-state index is 13.9. The Morgan fingerprint density at radius 1 is 0.708 bits per heavy atom. The van der Waals surface area contributed by atoms with E-state index in [0.29, 0.717) is 58.8 Å². The van der Waals surface area contributed by atoms with Crippen LogP contribution >= 0.6 is 43.5 Å². The van der Waals surface area contributed by atoms with Crippen molar-refractivity contribution in [1.29, 1.82) is 0 Å². The molecule has 20 nitrogen and oxygen atoms in total. The largest absolute Gasteiger partial charge is 0.497 e. The second-order valence-corrected chi connectivity index (χ2v) is 26.2. The Bertz CT molecular complexity index is 4320. The number of aliphatic hydroxyl groups excluding tert-OH is 2. The summed E-state index contributed by atoms with van der Waals surface area (Å²) in [4.78, 5) is 42.1. The summed E-state index contributed by atoms with van der Waals surface area (Å²) in [5.74, 6) is 1.26. The van der Waals surface area contributed by atoms with Crippen molar-refractivity contribution in [2.24, 2.45) is 10.8 Å². The van der Waals surface area contributed by atoms with E-state index in [1.165, 1.54) is 12.7 Å². The van der Waals surface area contributed by atoms with E-state index in [1.807, 2.05) is 128 Å². The first-order valence-electron chi connectivity index (χ1n) is 29.0. The first-order valence-corrected chi connectivity index (χ1v) is 31.0. The molecule has 1 amide bonds. The number of ether oxygens (including phenoxy) is 6. The third-order valence-electron chi connectivity index (χ3n) is 18.3. The van der Waals surface area contributed by atoms with Crippen molar-refractivity contribution in [2.45, 2.75) is 115 Å². The zero-order valence-corrected chi connectivity index (χ0v) is 52.0. The number of nitrogens with two attached hydrogens (primary N) is 2. The summed E-state index contributed by atoms with van der Waals surface area (Å²) in [5, 5.41) is 26.0. The number of fused-ring (bicyclic) bond motifs is 6. The number of nitrogens with zero attached hydrogens (tertiary/aromatic N) is 9. The lowest BCUT2D eigenvalue weighted by molar-refractivity contribution is -0.169. The van der Waals surface area contributed by atoms with Crippen molar-refractivity contribution in [3.05, 3.63) is 177 Å². The highest BCUT2D eigenvalue weighted by Crippen LogP contribution is 2.61. The smallest absolute Gasteiger partial charge is 0.416 e.